The van der Waals surface area contributed by atoms with Crippen LogP contribution in [0, 0.1) is 0 Å². The Kier molecular flexibility index (Phi) is 4.76. The van der Waals surface area contributed by atoms with Gasteiger partial charge in [0.25, 0.3) is 0 Å². The second-order valence-electron chi connectivity index (χ2n) is 5.45. The van der Waals surface area contributed by atoms with E-state index in [1.807, 2.05) is 0 Å². The van der Waals surface area contributed by atoms with Gasteiger partial charge in [0.2, 0.25) is 10.0 Å². The molecule has 0 aromatic heterocycles. The summed E-state index contributed by atoms with van der Waals surface area (Å²) in [5.74, 6) is 0. The van der Waals surface area contributed by atoms with Crippen LogP contribution in [0.25, 0.3) is 0 Å². The first kappa shape index (κ1) is 15.9. The molecule has 1 aromatic carbocycles. The van der Waals surface area contributed by atoms with E-state index >= 15 is 0 Å². The zero-order valence-corrected chi connectivity index (χ0v) is 15.5. The van der Waals surface area contributed by atoms with Gasteiger partial charge in [-0.15, -0.1) is 0 Å². The third kappa shape index (κ3) is 3.08. The molecule has 116 valence electrons. The first-order valence-corrected chi connectivity index (χ1v) is 10.1. The van der Waals surface area contributed by atoms with Crippen LogP contribution in [0.1, 0.15) is 25.7 Å². The molecule has 1 aliphatic carbocycles. The van der Waals surface area contributed by atoms with E-state index < -0.39 is 10.0 Å². The fourth-order valence-corrected chi connectivity index (χ4v) is 6.54. The number of nitrogens with zero attached hydrogens (tertiary/aromatic N) is 1. The molecule has 1 aliphatic heterocycles. The van der Waals surface area contributed by atoms with Crippen LogP contribution in [0.2, 0.25) is 0 Å². The Labute approximate surface area is 142 Å². The van der Waals surface area contributed by atoms with Crippen LogP contribution in [-0.4, -0.2) is 38.0 Å². The van der Waals surface area contributed by atoms with E-state index in [4.69, 9.17) is 4.74 Å². The van der Waals surface area contributed by atoms with E-state index in [2.05, 4.69) is 31.9 Å². The number of rotatable bonds is 2. The van der Waals surface area contributed by atoms with Gasteiger partial charge >= 0.3 is 0 Å². The van der Waals surface area contributed by atoms with Crippen molar-refractivity contribution in [1.29, 1.82) is 0 Å². The van der Waals surface area contributed by atoms with Gasteiger partial charge in [0.05, 0.1) is 23.6 Å². The number of morpholine rings is 1. The van der Waals surface area contributed by atoms with E-state index in [0.29, 0.717) is 22.5 Å². The SMILES string of the molecule is O=S(=O)(c1ccc(Br)cc1Br)N1CCOC2CCCCC21. The van der Waals surface area contributed by atoms with Gasteiger partial charge < -0.3 is 4.74 Å². The van der Waals surface area contributed by atoms with Crippen LogP contribution in [-0.2, 0) is 14.8 Å². The van der Waals surface area contributed by atoms with Crippen LogP contribution in [0.3, 0.4) is 0 Å². The number of halogens is 2. The molecule has 2 aliphatic rings. The lowest BCUT2D eigenvalue weighted by atomic mass is 9.91. The van der Waals surface area contributed by atoms with Crippen molar-refractivity contribution >= 4 is 41.9 Å². The number of hydrogen-bond acceptors (Lipinski definition) is 3. The van der Waals surface area contributed by atoms with Gasteiger partial charge in [0.15, 0.2) is 0 Å². The summed E-state index contributed by atoms with van der Waals surface area (Å²) in [4.78, 5) is 0.330. The average molecular weight is 439 g/mol. The first-order chi connectivity index (χ1) is 10.00. The van der Waals surface area contributed by atoms with Crippen LogP contribution in [0.4, 0.5) is 0 Å². The van der Waals surface area contributed by atoms with Crippen LogP contribution < -0.4 is 0 Å². The number of sulfonamides is 1. The topological polar surface area (TPSA) is 46.6 Å². The van der Waals surface area contributed by atoms with Crippen LogP contribution in [0.5, 0.6) is 0 Å². The summed E-state index contributed by atoms with van der Waals surface area (Å²) in [6.45, 7) is 0.917. The molecule has 4 nitrogen and oxygen atoms in total. The summed E-state index contributed by atoms with van der Waals surface area (Å²) in [6, 6.07) is 5.16. The highest BCUT2D eigenvalue weighted by atomic mass is 79.9. The largest absolute Gasteiger partial charge is 0.375 e. The van der Waals surface area contributed by atoms with Gasteiger partial charge in [0, 0.05) is 15.5 Å². The smallest absolute Gasteiger partial charge is 0.244 e. The number of fused-ring (bicyclic) bond motifs is 1. The molecule has 0 radical (unpaired) electrons. The Bertz CT molecular complexity index is 633. The predicted molar refractivity (Wildman–Crippen MR) is 87.7 cm³/mol. The summed E-state index contributed by atoms with van der Waals surface area (Å²) in [7, 11) is -3.49. The van der Waals surface area contributed by atoms with Crippen molar-refractivity contribution in [2.45, 2.75) is 42.7 Å². The number of hydrogen-bond donors (Lipinski definition) is 0. The summed E-state index contributed by atoms with van der Waals surface area (Å²) in [5.41, 5.74) is 0. The minimum atomic E-state index is -3.49. The van der Waals surface area contributed by atoms with Crippen LogP contribution >= 0.6 is 31.9 Å². The molecule has 0 N–H and O–H groups in total. The Morgan fingerprint density at radius 1 is 1.19 bits per heavy atom. The van der Waals surface area contributed by atoms with Crippen LogP contribution in [0.15, 0.2) is 32.0 Å². The summed E-state index contributed by atoms with van der Waals surface area (Å²) in [5, 5.41) is 0. The van der Waals surface area contributed by atoms with E-state index in [-0.39, 0.29) is 12.1 Å². The molecule has 2 atom stereocenters. The zero-order chi connectivity index (χ0) is 15.0. The van der Waals surface area contributed by atoms with E-state index in [1.165, 1.54) is 0 Å². The lowest BCUT2D eigenvalue weighted by Gasteiger charge is -2.42. The minimum Gasteiger partial charge on any atom is -0.375 e. The third-order valence-electron chi connectivity index (χ3n) is 4.16. The molecule has 7 heteroatoms. The molecule has 1 saturated carbocycles. The second-order valence-corrected chi connectivity index (χ2v) is 9.08. The first-order valence-electron chi connectivity index (χ1n) is 7.08. The standard InChI is InChI=1S/C14H17Br2NO3S/c15-10-5-6-14(11(16)9-10)21(18,19)17-7-8-20-13-4-2-1-3-12(13)17/h5-6,9,12-13H,1-4,7-8H2. The highest BCUT2D eigenvalue weighted by Crippen LogP contribution is 2.35. The fraction of sp³-hybridized carbons (Fsp3) is 0.571. The molecule has 0 bridgehead atoms. The number of benzene rings is 1. The van der Waals surface area contributed by atoms with E-state index in [0.717, 1.165) is 30.2 Å². The molecule has 2 fully saturated rings. The fourth-order valence-electron chi connectivity index (χ4n) is 3.17. The highest BCUT2D eigenvalue weighted by Gasteiger charge is 2.41. The molecule has 0 amide bonds. The van der Waals surface area contributed by atoms with Gasteiger partial charge in [-0.25, -0.2) is 8.42 Å². The van der Waals surface area contributed by atoms with Crippen molar-refractivity contribution in [3.05, 3.63) is 27.1 Å². The third-order valence-corrected chi connectivity index (χ3v) is 7.56. The highest BCUT2D eigenvalue weighted by molar-refractivity contribution is 9.11. The zero-order valence-electron chi connectivity index (χ0n) is 11.5. The average Bonchev–Trinajstić information content (AvgIpc) is 2.46. The Morgan fingerprint density at radius 3 is 2.71 bits per heavy atom. The van der Waals surface area contributed by atoms with Gasteiger partial charge in [-0.3, -0.25) is 0 Å². The molecular weight excluding hydrogens is 422 g/mol. The number of ether oxygens (including phenoxy) is 1. The van der Waals surface area contributed by atoms with Gasteiger partial charge in [-0.1, -0.05) is 28.8 Å². The monoisotopic (exact) mass is 437 g/mol. The van der Waals surface area contributed by atoms with E-state index in [9.17, 15) is 8.42 Å². The summed E-state index contributed by atoms with van der Waals surface area (Å²) < 4.78 is 34.9. The molecule has 3 rings (SSSR count). The van der Waals surface area contributed by atoms with Crippen molar-refractivity contribution < 1.29 is 13.2 Å². The Balaban J connectivity index is 1.96. The van der Waals surface area contributed by atoms with Crippen molar-refractivity contribution in [3.63, 3.8) is 0 Å². The van der Waals surface area contributed by atoms with Gasteiger partial charge in [0.1, 0.15) is 0 Å². The lowest BCUT2D eigenvalue weighted by Crippen LogP contribution is -2.54. The second kappa shape index (κ2) is 6.28. The molecule has 1 saturated heterocycles. The minimum absolute atomic E-state index is 0.0203. The molecular formula is C14H17Br2NO3S. The lowest BCUT2D eigenvalue weighted by molar-refractivity contribution is -0.0586. The molecule has 21 heavy (non-hydrogen) atoms. The maximum Gasteiger partial charge on any atom is 0.244 e. The molecule has 0 spiro atoms. The predicted octanol–water partition coefficient (Wildman–Crippen LogP) is 3.54. The summed E-state index contributed by atoms with van der Waals surface area (Å²) >= 11 is 6.73. The maximum absolute atomic E-state index is 13.0. The van der Waals surface area contributed by atoms with Gasteiger partial charge in [-0.05, 0) is 47.0 Å². The Morgan fingerprint density at radius 2 is 1.95 bits per heavy atom. The normalized spacial score (nSPS) is 27.3. The Hall–Kier alpha value is 0.0500. The van der Waals surface area contributed by atoms with Crippen molar-refractivity contribution in [1.82, 2.24) is 4.31 Å². The van der Waals surface area contributed by atoms with Crippen molar-refractivity contribution in [2.24, 2.45) is 0 Å². The molecule has 1 aromatic rings. The molecule has 1 heterocycles. The van der Waals surface area contributed by atoms with E-state index in [1.54, 1.807) is 22.5 Å². The van der Waals surface area contributed by atoms with Crippen molar-refractivity contribution in [2.75, 3.05) is 13.2 Å². The quantitative estimate of drug-likeness (QED) is 0.709. The maximum atomic E-state index is 13.0. The molecule has 2 unspecified atom stereocenters. The van der Waals surface area contributed by atoms with Gasteiger partial charge in [-0.2, -0.15) is 4.31 Å². The summed E-state index contributed by atoms with van der Waals surface area (Å²) in [6.07, 6.45) is 4.09. The van der Waals surface area contributed by atoms with Crippen molar-refractivity contribution in [3.8, 4) is 0 Å².